The first-order valence-corrected chi connectivity index (χ1v) is 11.6. The van der Waals surface area contributed by atoms with E-state index in [9.17, 15) is 15.0 Å². The van der Waals surface area contributed by atoms with Crippen LogP contribution in [0.5, 0.6) is 0 Å². The summed E-state index contributed by atoms with van der Waals surface area (Å²) in [5.74, 6) is -0.0147. The molecule has 0 spiro atoms. The predicted octanol–water partition coefficient (Wildman–Crippen LogP) is 3.93. The number of fused-ring (bicyclic) bond motifs is 13. The molecule has 6 heteroatoms. The fraction of sp³-hybridized carbons (Fsp3) is 0.296. The summed E-state index contributed by atoms with van der Waals surface area (Å²) >= 11 is 0. The van der Waals surface area contributed by atoms with E-state index in [1.54, 1.807) is 0 Å². The van der Waals surface area contributed by atoms with Gasteiger partial charge in [-0.15, -0.1) is 0 Å². The van der Waals surface area contributed by atoms with Crippen LogP contribution in [0.3, 0.4) is 0 Å². The van der Waals surface area contributed by atoms with Crippen molar-refractivity contribution < 1.29 is 15.0 Å². The van der Waals surface area contributed by atoms with Gasteiger partial charge in [-0.05, 0) is 31.0 Å². The zero-order valence-electron chi connectivity index (χ0n) is 18.2. The van der Waals surface area contributed by atoms with Gasteiger partial charge in [0, 0.05) is 51.6 Å². The predicted molar refractivity (Wildman–Crippen MR) is 128 cm³/mol. The molecule has 164 valence electrons. The highest BCUT2D eigenvalue weighted by Crippen LogP contribution is 2.58. The molecule has 1 fully saturated rings. The van der Waals surface area contributed by atoms with Gasteiger partial charge in [0.2, 0.25) is 0 Å². The Kier molecular flexibility index (Phi) is 2.97. The van der Waals surface area contributed by atoms with E-state index in [1.165, 1.54) is 0 Å². The van der Waals surface area contributed by atoms with Crippen LogP contribution < -0.4 is 5.32 Å². The molecule has 6 nitrogen and oxygen atoms in total. The van der Waals surface area contributed by atoms with Gasteiger partial charge in [-0.25, -0.2) is 0 Å². The minimum Gasteiger partial charge on any atom is -0.393 e. The minimum absolute atomic E-state index is 0.0129. The number of aliphatic hydroxyl groups excluding tert-OH is 1. The van der Waals surface area contributed by atoms with Crippen molar-refractivity contribution in [2.75, 3.05) is 6.61 Å². The molecule has 4 heterocycles. The minimum atomic E-state index is -1.26. The first kappa shape index (κ1) is 18.1. The molecule has 3 N–H and O–H groups in total. The largest absolute Gasteiger partial charge is 0.393 e. The maximum Gasteiger partial charge on any atom is 0.252 e. The first-order valence-electron chi connectivity index (χ1n) is 11.6. The monoisotopic (exact) mass is 437 g/mol. The van der Waals surface area contributed by atoms with Crippen LogP contribution in [0.25, 0.3) is 43.6 Å². The van der Waals surface area contributed by atoms with Gasteiger partial charge in [0.25, 0.3) is 5.91 Å². The fourth-order valence-corrected chi connectivity index (χ4v) is 7.42. The standard InChI is InChI=1S/C27H23N3O3/c1-26-10-14(11-27(26,33)13-31)29-18-8-4-2-6-15(18)21-22-17(12-28-25(22)32)20-16-7-3-5-9-19(16)30(26)24(20)23(21)29/h2-9,14,31,33H,10-13H2,1H3,(H,28,32)/t14?,26-,27-/m0/s1. The average molecular weight is 437 g/mol. The Morgan fingerprint density at radius 2 is 1.70 bits per heavy atom. The second-order valence-electron chi connectivity index (χ2n) is 10.2. The molecule has 33 heavy (non-hydrogen) atoms. The number of aromatic nitrogens is 2. The Balaban J connectivity index is 1.78. The molecular formula is C27H23N3O3. The Morgan fingerprint density at radius 3 is 2.45 bits per heavy atom. The van der Waals surface area contributed by atoms with Crippen LogP contribution in [0.4, 0.5) is 0 Å². The molecule has 3 aromatic carbocycles. The van der Waals surface area contributed by atoms with Crippen molar-refractivity contribution >= 4 is 49.5 Å². The second kappa shape index (κ2) is 5.41. The van der Waals surface area contributed by atoms with Crippen LogP contribution in [0, 0.1) is 0 Å². The number of rotatable bonds is 1. The topological polar surface area (TPSA) is 79.4 Å². The lowest BCUT2D eigenvalue weighted by Gasteiger charge is -2.40. The van der Waals surface area contributed by atoms with Gasteiger partial charge >= 0.3 is 0 Å². The van der Waals surface area contributed by atoms with Crippen LogP contribution >= 0.6 is 0 Å². The molecule has 3 atom stereocenters. The Bertz CT molecular complexity index is 1730. The lowest BCUT2D eigenvalue weighted by molar-refractivity contribution is -0.0792. The van der Waals surface area contributed by atoms with Gasteiger partial charge in [-0.3, -0.25) is 4.79 Å². The van der Waals surface area contributed by atoms with E-state index in [2.05, 4.69) is 45.6 Å². The van der Waals surface area contributed by atoms with Gasteiger partial charge < -0.3 is 24.7 Å². The van der Waals surface area contributed by atoms with E-state index in [0.717, 1.165) is 54.7 Å². The summed E-state index contributed by atoms with van der Waals surface area (Å²) in [7, 11) is 0. The normalized spacial score (nSPS) is 27.8. The van der Waals surface area contributed by atoms with Crippen molar-refractivity contribution in [2.45, 2.75) is 43.5 Å². The second-order valence-corrected chi connectivity index (χ2v) is 10.2. The summed E-state index contributed by atoms with van der Waals surface area (Å²) in [6, 6.07) is 16.6. The first-order chi connectivity index (χ1) is 16.0. The van der Waals surface area contributed by atoms with Gasteiger partial charge in [-0.2, -0.15) is 0 Å². The molecular weight excluding hydrogens is 414 g/mol. The summed E-state index contributed by atoms with van der Waals surface area (Å²) in [6.07, 6.45) is 1.17. The molecule has 1 aliphatic carbocycles. The van der Waals surface area contributed by atoms with Gasteiger partial charge in [0.05, 0.1) is 28.7 Å². The molecule has 5 aromatic rings. The van der Waals surface area contributed by atoms with Crippen LogP contribution in [-0.4, -0.2) is 37.5 Å². The number of amides is 1. The van der Waals surface area contributed by atoms with E-state index in [1.807, 2.05) is 24.3 Å². The zero-order chi connectivity index (χ0) is 22.3. The molecule has 8 rings (SSSR count). The van der Waals surface area contributed by atoms with Gasteiger partial charge in [0.1, 0.15) is 5.60 Å². The number of hydrogen-bond donors (Lipinski definition) is 3. The number of nitrogens with zero attached hydrogens (tertiary/aromatic N) is 2. The molecule has 2 bridgehead atoms. The SMILES string of the molecule is C[C@]12CC(C[C@]1(O)CO)n1c3ccccc3c3c4c(c5c6ccccc6n2c5c31)CNC4=O. The van der Waals surface area contributed by atoms with Crippen molar-refractivity contribution in [3.63, 3.8) is 0 Å². The summed E-state index contributed by atoms with van der Waals surface area (Å²) in [4.78, 5) is 13.2. The maximum absolute atomic E-state index is 13.2. The van der Waals surface area contributed by atoms with Crippen molar-refractivity contribution in [1.29, 1.82) is 0 Å². The highest BCUT2D eigenvalue weighted by atomic mass is 16.3. The number of nitrogens with one attached hydrogen (secondary N) is 1. The Morgan fingerprint density at radius 1 is 1.00 bits per heavy atom. The number of carbonyl (C=O) groups is 1. The number of benzene rings is 3. The van der Waals surface area contributed by atoms with Crippen molar-refractivity contribution in [2.24, 2.45) is 0 Å². The highest BCUT2D eigenvalue weighted by Gasteiger charge is 2.59. The Hall–Kier alpha value is -3.35. The van der Waals surface area contributed by atoms with Crippen LogP contribution in [-0.2, 0) is 12.1 Å². The van der Waals surface area contributed by atoms with Crippen molar-refractivity contribution in [3.8, 4) is 0 Å². The summed E-state index contributed by atoms with van der Waals surface area (Å²) < 4.78 is 4.65. The van der Waals surface area contributed by atoms with E-state index < -0.39 is 11.1 Å². The summed E-state index contributed by atoms with van der Waals surface area (Å²) in [5, 5.41) is 29.7. The summed E-state index contributed by atoms with van der Waals surface area (Å²) in [5.41, 5.74) is 4.14. The lowest BCUT2D eigenvalue weighted by Crippen LogP contribution is -2.52. The third kappa shape index (κ3) is 1.76. The highest BCUT2D eigenvalue weighted by molar-refractivity contribution is 6.31. The quantitative estimate of drug-likeness (QED) is 0.372. The zero-order valence-corrected chi connectivity index (χ0v) is 18.2. The summed E-state index contributed by atoms with van der Waals surface area (Å²) in [6.45, 7) is 2.29. The number of carbonyl (C=O) groups excluding carboxylic acids is 1. The smallest absolute Gasteiger partial charge is 0.252 e. The van der Waals surface area contributed by atoms with E-state index in [0.29, 0.717) is 19.4 Å². The fourth-order valence-electron chi connectivity index (χ4n) is 7.42. The molecule has 2 aromatic heterocycles. The van der Waals surface area contributed by atoms with Crippen molar-refractivity contribution in [1.82, 2.24) is 14.5 Å². The third-order valence-electron chi connectivity index (χ3n) is 8.85. The molecule has 3 aliphatic rings. The molecule has 0 radical (unpaired) electrons. The number of para-hydroxylation sites is 2. The average Bonchev–Trinajstić information content (AvgIpc) is 3.51. The van der Waals surface area contributed by atoms with Crippen LogP contribution in [0.2, 0.25) is 0 Å². The Labute approximate surface area is 189 Å². The molecule has 1 amide bonds. The van der Waals surface area contributed by atoms with Crippen LogP contribution in [0.15, 0.2) is 48.5 Å². The molecule has 0 saturated heterocycles. The molecule has 2 aliphatic heterocycles. The molecule has 1 unspecified atom stereocenters. The van der Waals surface area contributed by atoms with Crippen LogP contribution in [0.1, 0.15) is 41.7 Å². The van der Waals surface area contributed by atoms with E-state index >= 15 is 0 Å². The molecule has 1 saturated carbocycles. The van der Waals surface area contributed by atoms with E-state index in [4.69, 9.17) is 0 Å². The lowest BCUT2D eigenvalue weighted by atomic mass is 9.84. The maximum atomic E-state index is 13.2. The van der Waals surface area contributed by atoms with E-state index in [-0.39, 0.29) is 18.6 Å². The van der Waals surface area contributed by atoms with Gasteiger partial charge in [-0.1, -0.05) is 36.4 Å². The van der Waals surface area contributed by atoms with Crippen molar-refractivity contribution in [3.05, 3.63) is 59.7 Å². The third-order valence-corrected chi connectivity index (χ3v) is 8.85. The number of hydrogen-bond acceptors (Lipinski definition) is 3. The van der Waals surface area contributed by atoms with Gasteiger partial charge in [0.15, 0.2) is 0 Å². The number of aliphatic hydroxyl groups is 2.